The van der Waals surface area contributed by atoms with Crippen LogP contribution in [0.5, 0.6) is 0 Å². The fourth-order valence-electron chi connectivity index (χ4n) is 3.91. The first-order valence-electron chi connectivity index (χ1n) is 10.6. The van der Waals surface area contributed by atoms with Crippen LogP contribution in [0.2, 0.25) is 0 Å². The smallest absolute Gasteiger partial charge is 0.239 e. The van der Waals surface area contributed by atoms with Gasteiger partial charge in [0.25, 0.3) is 0 Å². The molecular weight excluding hydrogens is 436 g/mol. The minimum absolute atomic E-state index is 0.0762. The van der Waals surface area contributed by atoms with Crippen molar-refractivity contribution in [3.8, 4) is 22.6 Å². The van der Waals surface area contributed by atoms with E-state index in [1.54, 1.807) is 0 Å². The number of para-hydroxylation sites is 1. The number of aromatic nitrogens is 4. The van der Waals surface area contributed by atoms with E-state index in [0.29, 0.717) is 30.4 Å². The first-order valence-corrected chi connectivity index (χ1v) is 11.6. The maximum absolute atomic E-state index is 12.4. The van der Waals surface area contributed by atoms with Gasteiger partial charge < -0.3 is 5.84 Å². The molecule has 1 fully saturated rings. The number of hydrogen-bond donors (Lipinski definition) is 1. The number of benzene rings is 2. The number of rotatable bonds is 5. The lowest BCUT2D eigenvalue weighted by molar-refractivity contribution is -0.140. The van der Waals surface area contributed by atoms with Gasteiger partial charge in [-0.15, -0.1) is 10.2 Å². The van der Waals surface area contributed by atoms with Gasteiger partial charge in [-0.3, -0.25) is 14.5 Å². The summed E-state index contributed by atoms with van der Waals surface area (Å²) in [5.74, 6) is 6.56. The summed E-state index contributed by atoms with van der Waals surface area (Å²) in [6.45, 7) is 2.52. The number of nitrogens with two attached hydrogens (primary N) is 1. The molecule has 166 valence electrons. The van der Waals surface area contributed by atoms with Gasteiger partial charge in [0.05, 0.1) is 17.0 Å². The van der Waals surface area contributed by atoms with Gasteiger partial charge in [0.2, 0.25) is 17.0 Å². The highest BCUT2D eigenvalue weighted by Crippen LogP contribution is 2.32. The second-order valence-electron chi connectivity index (χ2n) is 7.95. The predicted molar refractivity (Wildman–Crippen MR) is 128 cm³/mol. The van der Waals surface area contributed by atoms with Crippen LogP contribution in [-0.2, 0) is 9.59 Å². The molecular formula is C24H22N6O2S. The Balaban J connectivity index is 1.49. The molecule has 8 nitrogen and oxygen atoms in total. The monoisotopic (exact) mass is 458 g/mol. The molecule has 2 aromatic carbocycles. The minimum Gasteiger partial charge on any atom is -0.335 e. The standard InChI is InChI=1S/C24H22N6O2S/c1-15-8-10-16(11-9-15)20-13-18(17-5-2-3-6-19(17)26-20)23-27-28-24(30(23)25)33-14-22(32)29-12-4-7-21(29)31/h2-3,5-6,8-11,13H,4,7,12,14,25H2,1H3. The molecule has 0 atom stereocenters. The molecule has 0 unspecified atom stereocenters. The van der Waals surface area contributed by atoms with E-state index in [1.165, 1.54) is 26.9 Å². The highest BCUT2D eigenvalue weighted by molar-refractivity contribution is 7.99. The second-order valence-corrected chi connectivity index (χ2v) is 8.89. The Morgan fingerprint density at radius 1 is 1.12 bits per heavy atom. The number of thioether (sulfide) groups is 1. The van der Waals surface area contributed by atoms with Gasteiger partial charge in [-0.05, 0) is 25.5 Å². The summed E-state index contributed by atoms with van der Waals surface area (Å²) in [4.78, 5) is 30.3. The number of nitrogen functional groups attached to an aromatic ring is 1. The maximum Gasteiger partial charge on any atom is 0.239 e. The number of nitrogens with zero attached hydrogens (tertiary/aromatic N) is 5. The quantitative estimate of drug-likeness (QED) is 0.361. The van der Waals surface area contributed by atoms with Gasteiger partial charge in [0.15, 0.2) is 5.82 Å². The number of carbonyl (C=O) groups is 2. The molecule has 0 bridgehead atoms. The Morgan fingerprint density at radius 2 is 1.91 bits per heavy atom. The van der Waals surface area contributed by atoms with E-state index >= 15 is 0 Å². The topological polar surface area (TPSA) is 107 Å². The van der Waals surface area contributed by atoms with Crippen molar-refractivity contribution in [2.75, 3.05) is 18.1 Å². The Labute approximate surface area is 194 Å². The third-order valence-corrected chi connectivity index (χ3v) is 6.60. The van der Waals surface area contributed by atoms with Crippen LogP contribution in [0, 0.1) is 6.92 Å². The molecule has 1 saturated heterocycles. The normalized spacial score (nSPS) is 13.7. The number of aryl methyl sites for hydroxylation is 1. The van der Waals surface area contributed by atoms with Crippen molar-refractivity contribution < 1.29 is 9.59 Å². The van der Waals surface area contributed by atoms with Crippen LogP contribution in [0.1, 0.15) is 18.4 Å². The number of amides is 2. The van der Waals surface area contributed by atoms with Gasteiger partial charge >= 0.3 is 0 Å². The van der Waals surface area contributed by atoms with E-state index in [4.69, 9.17) is 10.8 Å². The van der Waals surface area contributed by atoms with Gasteiger partial charge in [0, 0.05) is 29.5 Å². The van der Waals surface area contributed by atoms with E-state index < -0.39 is 0 Å². The van der Waals surface area contributed by atoms with Crippen LogP contribution >= 0.6 is 11.8 Å². The summed E-state index contributed by atoms with van der Waals surface area (Å²) in [6.07, 6.45) is 1.14. The lowest BCUT2D eigenvalue weighted by Gasteiger charge is -2.13. The molecule has 0 saturated carbocycles. The molecule has 2 aromatic heterocycles. The molecule has 0 radical (unpaired) electrons. The highest BCUT2D eigenvalue weighted by Gasteiger charge is 2.27. The fraction of sp³-hybridized carbons (Fsp3) is 0.208. The Bertz CT molecular complexity index is 1370. The number of likely N-dealkylation sites (tertiary alicyclic amines) is 1. The van der Waals surface area contributed by atoms with Crippen LogP contribution in [0.25, 0.3) is 33.5 Å². The van der Waals surface area contributed by atoms with Gasteiger partial charge in [0.1, 0.15) is 0 Å². The van der Waals surface area contributed by atoms with Crippen LogP contribution in [0.15, 0.2) is 59.8 Å². The highest BCUT2D eigenvalue weighted by atomic mass is 32.2. The zero-order valence-corrected chi connectivity index (χ0v) is 18.9. The van der Waals surface area contributed by atoms with Gasteiger partial charge in [-0.25, -0.2) is 9.66 Å². The van der Waals surface area contributed by atoms with Crippen molar-refractivity contribution in [3.05, 3.63) is 60.2 Å². The third-order valence-electron chi connectivity index (χ3n) is 5.67. The maximum atomic E-state index is 12.4. The largest absolute Gasteiger partial charge is 0.335 e. The predicted octanol–water partition coefficient (Wildman–Crippen LogP) is 3.42. The average molecular weight is 459 g/mol. The van der Waals surface area contributed by atoms with Crippen molar-refractivity contribution in [1.82, 2.24) is 24.8 Å². The molecule has 9 heteroatoms. The lowest BCUT2D eigenvalue weighted by Crippen LogP contribution is -2.33. The van der Waals surface area contributed by atoms with E-state index in [9.17, 15) is 9.59 Å². The van der Waals surface area contributed by atoms with Crippen molar-refractivity contribution in [3.63, 3.8) is 0 Å². The molecule has 33 heavy (non-hydrogen) atoms. The van der Waals surface area contributed by atoms with E-state index in [0.717, 1.165) is 27.7 Å². The number of hydrogen-bond acceptors (Lipinski definition) is 7. The number of fused-ring (bicyclic) bond motifs is 1. The summed E-state index contributed by atoms with van der Waals surface area (Å²) in [6, 6.07) is 17.9. The van der Waals surface area contributed by atoms with Crippen LogP contribution < -0.4 is 5.84 Å². The molecule has 2 N–H and O–H groups in total. The Hall–Kier alpha value is -3.72. The van der Waals surface area contributed by atoms with Crippen LogP contribution in [0.4, 0.5) is 0 Å². The van der Waals surface area contributed by atoms with Crippen molar-refractivity contribution >= 4 is 34.5 Å². The number of carbonyl (C=O) groups excluding carboxylic acids is 2. The fourth-order valence-corrected chi connectivity index (χ4v) is 4.64. The summed E-state index contributed by atoms with van der Waals surface area (Å²) < 4.78 is 1.39. The average Bonchev–Trinajstić information content (AvgIpc) is 3.42. The Morgan fingerprint density at radius 3 is 2.67 bits per heavy atom. The van der Waals surface area contributed by atoms with Crippen molar-refractivity contribution in [2.45, 2.75) is 24.9 Å². The van der Waals surface area contributed by atoms with Crippen molar-refractivity contribution in [2.24, 2.45) is 0 Å². The number of imide groups is 1. The Kier molecular flexibility index (Phi) is 5.55. The minimum atomic E-state index is -0.233. The van der Waals surface area contributed by atoms with Crippen LogP contribution in [-0.4, -0.2) is 48.9 Å². The van der Waals surface area contributed by atoms with E-state index in [2.05, 4.69) is 10.2 Å². The molecule has 3 heterocycles. The van der Waals surface area contributed by atoms with Crippen molar-refractivity contribution in [1.29, 1.82) is 0 Å². The second kappa shape index (κ2) is 8.67. The summed E-state index contributed by atoms with van der Waals surface area (Å²) >= 11 is 1.17. The molecule has 1 aliphatic heterocycles. The summed E-state index contributed by atoms with van der Waals surface area (Å²) in [5.41, 5.74) is 4.60. The molecule has 5 rings (SSSR count). The SMILES string of the molecule is Cc1ccc(-c2cc(-c3nnc(SCC(=O)N4CCCC4=O)n3N)c3ccccc3n2)cc1. The molecule has 1 aliphatic rings. The third kappa shape index (κ3) is 4.07. The summed E-state index contributed by atoms with van der Waals surface area (Å²) in [5, 5.41) is 9.84. The molecule has 0 spiro atoms. The first-order chi connectivity index (χ1) is 16.0. The summed E-state index contributed by atoms with van der Waals surface area (Å²) in [7, 11) is 0. The molecule has 4 aromatic rings. The van der Waals surface area contributed by atoms with E-state index in [1.807, 2.05) is 61.5 Å². The van der Waals surface area contributed by atoms with Gasteiger partial charge in [-0.1, -0.05) is 59.8 Å². The molecule has 0 aliphatic carbocycles. The van der Waals surface area contributed by atoms with Crippen LogP contribution in [0.3, 0.4) is 0 Å². The zero-order valence-electron chi connectivity index (χ0n) is 18.1. The lowest BCUT2D eigenvalue weighted by atomic mass is 10.0. The van der Waals surface area contributed by atoms with E-state index in [-0.39, 0.29) is 17.6 Å². The molecule has 2 amide bonds. The van der Waals surface area contributed by atoms with Gasteiger partial charge in [-0.2, -0.15) is 0 Å². The zero-order chi connectivity index (χ0) is 22.9. The number of pyridine rings is 1. The first kappa shape index (κ1) is 21.1.